The first-order valence-electron chi connectivity index (χ1n) is 6.52. The lowest BCUT2D eigenvalue weighted by molar-refractivity contribution is 0.220. The molecule has 3 rings (SSSR count). The lowest BCUT2D eigenvalue weighted by Gasteiger charge is -2.16. The molecular formula is C15H18N2O. The topological polar surface area (TPSA) is 36.4 Å². The average molecular weight is 242 g/mol. The minimum absolute atomic E-state index is 0.313. The van der Waals surface area contributed by atoms with E-state index < -0.39 is 0 Å². The monoisotopic (exact) mass is 242 g/mol. The Morgan fingerprint density at radius 3 is 3.00 bits per heavy atom. The summed E-state index contributed by atoms with van der Waals surface area (Å²) in [7, 11) is 0. The number of benzene rings is 1. The van der Waals surface area contributed by atoms with E-state index >= 15 is 0 Å². The Bertz CT molecular complexity index is 536. The van der Waals surface area contributed by atoms with E-state index in [0.29, 0.717) is 12.5 Å². The smallest absolute Gasteiger partial charge is 0.0705 e. The number of aromatic nitrogens is 1. The van der Waals surface area contributed by atoms with Crippen molar-refractivity contribution in [3.63, 3.8) is 0 Å². The lowest BCUT2D eigenvalue weighted by atomic mass is 10.1. The van der Waals surface area contributed by atoms with Gasteiger partial charge in [0.25, 0.3) is 0 Å². The Labute approximate surface area is 107 Å². The van der Waals surface area contributed by atoms with Gasteiger partial charge in [0, 0.05) is 31.3 Å². The molecule has 0 aliphatic carbocycles. The molecule has 1 unspecified atom stereocenters. The zero-order valence-corrected chi connectivity index (χ0v) is 10.4. The fraction of sp³-hybridized carbons (Fsp3) is 0.400. The summed E-state index contributed by atoms with van der Waals surface area (Å²) in [6.07, 6.45) is 3.00. The second-order valence-corrected chi connectivity index (χ2v) is 5.06. The molecule has 1 aliphatic rings. The van der Waals surface area contributed by atoms with Crippen LogP contribution in [0.3, 0.4) is 0 Å². The number of hydrogen-bond donors (Lipinski definition) is 1. The van der Waals surface area contributed by atoms with E-state index in [1.807, 2.05) is 12.3 Å². The molecule has 2 aromatic rings. The van der Waals surface area contributed by atoms with Gasteiger partial charge >= 0.3 is 0 Å². The number of likely N-dealkylation sites (tertiary alicyclic amines) is 1. The summed E-state index contributed by atoms with van der Waals surface area (Å²) in [5.74, 6) is 0.457. The maximum Gasteiger partial charge on any atom is 0.0705 e. The first-order chi connectivity index (χ1) is 8.86. The van der Waals surface area contributed by atoms with Crippen molar-refractivity contribution in [2.24, 2.45) is 5.92 Å². The number of para-hydroxylation sites is 1. The van der Waals surface area contributed by atoms with Gasteiger partial charge in [-0.25, -0.2) is 0 Å². The molecule has 1 N–H and O–H groups in total. The van der Waals surface area contributed by atoms with Crippen molar-refractivity contribution in [3.05, 3.63) is 42.1 Å². The molecule has 0 amide bonds. The van der Waals surface area contributed by atoms with E-state index in [2.05, 4.69) is 34.1 Å². The van der Waals surface area contributed by atoms with Crippen LogP contribution in [0, 0.1) is 5.92 Å². The van der Waals surface area contributed by atoms with Crippen LogP contribution in [-0.2, 0) is 6.54 Å². The summed E-state index contributed by atoms with van der Waals surface area (Å²) < 4.78 is 0. The van der Waals surface area contributed by atoms with Gasteiger partial charge in [-0.05, 0) is 36.6 Å². The lowest BCUT2D eigenvalue weighted by Crippen LogP contribution is -2.21. The zero-order valence-electron chi connectivity index (χ0n) is 10.4. The Morgan fingerprint density at radius 2 is 2.17 bits per heavy atom. The highest BCUT2D eigenvalue weighted by Crippen LogP contribution is 2.22. The standard InChI is InChI=1S/C15H18N2O/c18-11-12-6-8-17(9-12)10-13-5-7-16-15-4-2-1-3-14(13)15/h1-5,7,12,18H,6,8-11H2. The largest absolute Gasteiger partial charge is 0.396 e. The Kier molecular flexibility index (Phi) is 3.26. The molecular weight excluding hydrogens is 224 g/mol. The van der Waals surface area contributed by atoms with Gasteiger partial charge in [-0.2, -0.15) is 0 Å². The Balaban J connectivity index is 1.83. The van der Waals surface area contributed by atoms with Gasteiger partial charge in [-0.15, -0.1) is 0 Å². The zero-order chi connectivity index (χ0) is 12.4. The summed E-state index contributed by atoms with van der Waals surface area (Å²) >= 11 is 0. The Hall–Kier alpha value is -1.45. The minimum atomic E-state index is 0.313. The predicted octanol–water partition coefficient (Wildman–Crippen LogP) is 2.05. The molecule has 0 bridgehead atoms. The molecule has 1 atom stereocenters. The number of fused-ring (bicyclic) bond motifs is 1. The van der Waals surface area contributed by atoms with E-state index in [-0.39, 0.29) is 0 Å². The fourth-order valence-corrected chi connectivity index (χ4v) is 2.74. The molecule has 0 radical (unpaired) electrons. The Morgan fingerprint density at radius 1 is 1.28 bits per heavy atom. The van der Waals surface area contributed by atoms with Crippen molar-refractivity contribution < 1.29 is 5.11 Å². The van der Waals surface area contributed by atoms with Crippen LogP contribution < -0.4 is 0 Å². The molecule has 1 fully saturated rings. The molecule has 18 heavy (non-hydrogen) atoms. The van der Waals surface area contributed by atoms with Gasteiger partial charge in [0.1, 0.15) is 0 Å². The van der Waals surface area contributed by atoms with Crippen LogP contribution in [0.4, 0.5) is 0 Å². The van der Waals surface area contributed by atoms with Gasteiger partial charge in [0.2, 0.25) is 0 Å². The van der Waals surface area contributed by atoms with Gasteiger partial charge in [0.05, 0.1) is 5.52 Å². The van der Waals surface area contributed by atoms with Gasteiger partial charge in [0.15, 0.2) is 0 Å². The number of aliphatic hydroxyl groups is 1. The van der Waals surface area contributed by atoms with Crippen LogP contribution in [-0.4, -0.2) is 34.7 Å². The predicted molar refractivity (Wildman–Crippen MR) is 72.2 cm³/mol. The van der Waals surface area contributed by atoms with Gasteiger partial charge in [-0.3, -0.25) is 9.88 Å². The summed E-state index contributed by atoms with van der Waals surface area (Å²) in [4.78, 5) is 6.81. The molecule has 0 spiro atoms. The van der Waals surface area contributed by atoms with Crippen molar-refractivity contribution in [2.45, 2.75) is 13.0 Å². The third-order valence-corrected chi connectivity index (χ3v) is 3.76. The number of rotatable bonds is 3. The second-order valence-electron chi connectivity index (χ2n) is 5.06. The van der Waals surface area contributed by atoms with Crippen LogP contribution in [0.2, 0.25) is 0 Å². The van der Waals surface area contributed by atoms with E-state index in [0.717, 1.165) is 31.6 Å². The molecule has 1 aliphatic heterocycles. The fourth-order valence-electron chi connectivity index (χ4n) is 2.74. The third kappa shape index (κ3) is 2.24. The number of nitrogens with zero attached hydrogens (tertiary/aromatic N) is 2. The second kappa shape index (κ2) is 5.04. The molecule has 1 saturated heterocycles. The minimum Gasteiger partial charge on any atom is -0.396 e. The van der Waals surface area contributed by atoms with E-state index in [1.54, 1.807) is 0 Å². The van der Waals surface area contributed by atoms with E-state index in [9.17, 15) is 5.11 Å². The highest BCUT2D eigenvalue weighted by molar-refractivity contribution is 5.81. The van der Waals surface area contributed by atoms with Crippen LogP contribution in [0.25, 0.3) is 10.9 Å². The highest BCUT2D eigenvalue weighted by atomic mass is 16.3. The molecule has 3 nitrogen and oxygen atoms in total. The van der Waals surface area contributed by atoms with Crippen molar-refractivity contribution in [1.29, 1.82) is 0 Å². The molecule has 2 heterocycles. The van der Waals surface area contributed by atoms with E-state index in [4.69, 9.17) is 0 Å². The maximum atomic E-state index is 9.18. The summed E-state index contributed by atoms with van der Waals surface area (Å²) in [6, 6.07) is 10.4. The quantitative estimate of drug-likeness (QED) is 0.895. The van der Waals surface area contributed by atoms with Crippen LogP contribution >= 0.6 is 0 Å². The summed E-state index contributed by atoms with van der Waals surface area (Å²) in [6.45, 7) is 3.36. The molecule has 94 valence electrons. The van der Waals surface area contributed by atoms with Crippen LogP contribution in [0.15, 0.2) is 36.5 Å². The van der Waals surface area contributed by atoms with Gasteiger partial charge in [-0.1, -0.05) is 18.2 Å². The van der Waals surface area contributed by atoms with Crippen molar-refractivity contribution in [2.75, 3.05) is 19.7 Å². The van der Waals surface area contributed by atoms with Crippen molar-refractivity contribution >= 4 is 10.9 Å². The maximum absolute atomic E-state index is 9.18. The highest BCUT2D eigenvalue weighted by Gasteiger charge is 2.21. The van der Waals surface area contributed by atoms with E-state index in [1.165, 1.54) is 10.9 Å². The third-order valence-electron chi connectivity index (χ3n) is 3.76. The first kappa shape index (κ1) is 11.6. The summed E-state index contributed by atoms with van der Waals surface area (Å²) in [5, 5.41) is 10.4. The van der Waals surface area contributed by atoms with Crippen molar-refractivity contribution in [3.8, 4) is 0 Å². The van der Waals surface area contributed by atoms with Crippen molar-refractivity contribution in [1.82, 2.24) is 9.88 Å². The number of aliphatic hydroxyl groups excluding tert-OH is 1. The molecule has 1 aromatic heterocycles. The normalized spacial score (nSPS) is 20.6. The molecule has 1 aromatic carbocycles. The SMILES string of the molecule is OCC1CCN(Cc2ccnc3ccccc23)C1. The number of pyridine rings is 1. The van der Waals surface area contributed by atoms with Crippen LogP contribution in [0.1, 0.15) is 12.0 Å². The first-order valence-corrected chi connectivity index (χ1v) is 6.52. The number of hydrogen-bond acceptors (Lipinski definition) is 3. The average Bonchev–Trinajstić information content (AvgIpc) is 2.87. The molecule has 3 heteroatoms. The summed E-state index contributed by atoms with van der Waals surface area (Å²) in [5.41, 5.74) is 2.40. The van der Waals surface area contributed by atoms with Gasteiger partial charge < -0.3 is 5.11 Å². The molecule has 0 saturated carbocycles. The van der Waals surface area contributed by atoms with Crippen LogP contribution in [0.5, 0.6) is 0 Å².